The van der Waals surface area contributed by atoms with Crippen LogP contribution in [0.15, 0.2) is 28.0 Å². The Hall–Kier alpha value is -0.970. The molecule has 0 unspecified atom stereocenters. The Labute approximate surface area is 130 Å². The smallest absolute Gasteiger partial charge is 0.309 e. The molecule has 1 N–H and O–H groups in total. The molecule has 0 bridgehead atoms. The summed E-state index contributed by atoms with van der Waals surface area (Å²) in [6, 6.07) is 5.46. The molecule has 6 heteroatoms. The van der Waals surface area contributed by atoms with Gasteiger partial charge in [0.25, 0.3) is 0 Å². The van der Waals surface area contributed by atoms with Crippen molar-refractivity contribution in [3.05, 3.63) is 55.5 Å². The maximum atomic E-state index is 11.5. The van der Waals surface area contributed by atoms with E-state index < -0.39 is 0 Å². The summed E-state index contributed by atoms with van der Waals surface area (Å²) in [4.78, 5) is 18.5. The number of benzene rings is 1. The predicted octanol–water partition coefficient (Wildman–Crippen LogP) is 3.86. The van der Waals surface area contributed by atoms with Crippen LogP contribution in [0.25, 0.3) is 0 Å². The van der Waals surface area contributed by atoms with Crippen LogP contribution in [0.3, 0.4) is 0 Å². The standard InChI is InChI=1S/C14H12Cl2N2OS/c15-9-5-4-8(11(16)6-9)7-20-13-10-2-1-3-12(10)17-14(19)18-13/h4-6H,1-3,7H2,(H,17,18,19). The van der Waals surface area contributed by atoms with E-state index in [-0.39, 0.29) is 5.69 Å². The predicted molar refractivity (Wildman–Crippen MR) is 82.9 cm³/mol. The van der Waals surface area contributed by atoms with Gasteiger partial charge in [0.15, 0.2) is 0 Å². The van der Waals surface area contributed by atoms with E-state index in [2.05, 4.69) is 9.97 Å². The van der Waals surface area contributed by atoms with Crippen LogP contribution in [0, 0.1) is 0 Å². The van der Waals surface area contributed by atoms with Crippen LogP contribution in [-0.4, -0.2) is 9.97 Å². The van der Waals surface area contributed by atoms with Crippen molar-refractivity contribution in [3.63, 3.8) is 0 Å². The van der Waals surface area contributed by atoms with Gasteiger partial charge in [-0.05, 0) is 37.0 Å². The van der Waals surface area contributed by atoms with E-state index in [1.165, 1.54) is 5.56 Å². The first-order chi connectivity index (χ1) is 9.63. The molecule has 0 spiro atoms. The molecule has 0 aliphatic heterocycles. The molecule has 20 heavy (non-hydrogen) atoms. The van der Waals surface area contributed by atoms with Gasteiger partial charge in [-0.1, -0.05) is 29.3 Å². The summed E-state index contributed by atoms with van der Waals surface area (Å²) in [5.41, 5.74) is 2.94. The fourth-order valence-electron chi connectivity index (χ4n) is 2.34. The molecule has 0 atom stereocenters. The minimum atomic E-state index is -0.268. The molecule has 0 amide bonds. The highest BCUT2D eigenvalue weighted by atomic mass is 35.5. The largest absolute Gasteiger partial charge is 0.346 e. The zero-order valence-corrected chi connectivity index (χ0v) is 12.9. The lowest BCUT2D eigenvalue weighted by atomic mass is 10.2. The van der Waals surface area contributed by atoms with Gasteiger partial charge in [0.2, 0.25) is 0 Å². The molecule has 2 aromatic rings. The average molecular weight is 327 g/mol. The van der Waals surface area contributed by atoms with Gasteiger partial charge in [-0.15, -0.1) is 11.8 Å². The Morgan fingerprint density at radius 1 is 1.30 bits per heavy atom. The molecule has 1 aromatic heterocycles. The fraction of sp³-hybridized carbons (Fsp3) is 0.286. The molecule has 1 aliphatic rings. The number of thioether (sulfide) groups is 1. The number of aryl methyl sites for hydroxylation is 1. The van der Waals surface area contributed by atoms with Gasteiger partial charge in [-0.25, -0.2) is 4.79 Å². The van der Waals surface area contributed by atoms with Crippen molar-refractivity contribution in [3.8, 4) is 0 Å². The van der Waals surface area contributed by atoms with Crippen molar-refractivity contribution in [2.45, 2.75) is 30.0 Å². The third-order valence-corrected chi connectivity index (χ3v) is 4.97. The lowest BCUT2D eigenvalue weighted by Gasteiger charge is -2.07. The second kappa shape index (κ2) is 5.80. The molecule has 3 nitrogen and oxygen atoms in total. The van der Waals surface area contributed by atoms with Gasteiger partial charge in [0, 0.05) is 27.1 Å². The van der Waals surface area contributed by atoms with Crippen molar-refractivity contribution in [2.24, 2.45) is 0 Å². The maximum Gasteiger partial charge on any atom is 0.346 e. The number of nitrogens with one attached hydrogen (secondary N) is 1. The Morgan fingerprint density at radius 3 is 2.95 bits per heavy atom. The molecule has 0 saturated carbocycles. The van der Waals surface area contributed by atoms with Crippen molar-refractivity contribution >= 4 is 35.0 Å². The van der Waals surface area contributed by atoms with E-state index in [0.717, 1.165) is 35.5 Å². The second-order valence-corrected chi connectivity index (χ2v) is 6.49. The summed E-state index contributed by atoms with van der Waals surface area (Å²) in [5, 5.41) is 2.10. The number of hydrogen-bond acceptors (Lipinski definition) is 3. The lowest BCUT2D eigenvalue weighted by molar-refractivity contribution is 0.895. The van der Waals surface area contributed by atoms with Crippen LogP contribution in [0.1, 0.15) is 23.2 Å². The number of aromatic amines is 1. The molecule has 0 saturated heterocycles. The Bertz CT molecular complexity index is 715. The first kappa shape index (κ1) is 14.0. The summed E-state index contributed by atoms with van der Waals surface area (Å²) >= 11 is 13.6. The van der Waals surface area contributed by atoms with Crippen LogP contribution in [-0.2, 0) is 18.6 Å². The van der Waals surface area contributed by atoms with E-state index in [1.54, 1.807) is 17.8 Å². The van der Waals surface area contributed by atoms with Crippen molar-refractivity contribution < 1.29 is 0 Å². The van der Waals surface area contributed by atoms with E-state index in [0.29, 0.717) is 15.8 Å². The molecular formula is C14H12Cl2N2OS. The molecule has 1 heterocycles. The number of hydrogen-bond donors (Lipinski definition) is 1. The van der Waals surface area contributed by atoms with Crippen LogP contribution >= 0.6 is 35.0 Å². The average Bonchev–Trinajstić information content (AvgIpc) is 2.85. The molecule has 1 aromatic carbocycles. The van der Waals surface area contributed by atoms with Crippen molar-refractivity contribution in [1.82, 2.24) is 9.97 Å². The van der Waals surface area contributed by atoms with Gasteiger partial charge in [0.1, 0.15) is 5.03 Å². The third kappa shape index (κ3) is 2.87. The Kier molecular flexibility index (Phi) is 4.06. The highest BCUT2D eigenvalue weighted by Crippen LogP contribution is 2.32. The van der Waals surface area contributed by atoms with Crippen molar-refractivity contribution in [1.29, 1.82) is 0 Å². The minimum absolute atomic E-state index is 0.268. The zero-order valence-electron chi connectivity index (χ0n) is 10.6. The summed E-state index contributed by atoms with van der Waals surface area (Å²) < 4.78 is 0. The minimum Gasteiger partial charge on any atom is -0.309 e. The maximum absolute atomic E-state index is 11.5. The van der Waals surface area contributed by atoms with E-state index in [1.807, 2.05) is 12.1 Å². The van der Waals surface area contributed by atoms with Gasteiger partial charge >= 0.3 is 5.69 Å². The number of fused-ring (bicyclic) bond motifs is 1. The van der Waals surface area contributed by atoms with Gasteiger partial charge in [0.05, 0.1) is 0 Å². The van der Waals surface area contributed by atoms with E-state index in [4.69, 9.17) is 23.2 Å². The van der Waals surface area contributed by atoms with Crippen LogP contribution < -0.4 is 5.69 Å². The number of H-pyrrole nitrogens is 1. The number of aromatic nitrogens is 2. The zero-order chi connectivity index (χ0) is 14.1. The SMILES string of the molecule is O=c1nc(SCc2ccc(Cl)cc2Cl)c2c([nH]1)CCC2. The van der Waals surface area contributed by atoms with Gasteiger partial charge < -0.3 is 4.98 Å². The number of rotatable bonds is 3. The quantitative estimate of drug-likeness (QED) is 0.688. The normalized spacial score (nSPS) is 13.5. The second-order valence-electron chi connectivity index (χ2n) is 4.68. The fourth-order valence-corrected chi connectivity index (χ4v) is 3.98. The highest BCUT2D eigenvalue weighted by Gasteiger charge is 2.18. The van der Waals surface area contributed by atoms with Gasteiger partial charge in [-0.2, -0.15) is 4.98 Å². The molecule has 0 fully saturated rings. The molecule has 3 rings (SSSR count). The number of nitrogens with zero attached hydrogens (tertiary/aromatic N) is 1. The molecular weight excluding hydrogens is 315 g/mol. The third-order valence-electron chi connectivity index (χ3n) is 3.32. The van der Waals surface area contributed by atoms with Gasteiger partial charge in [-0.3, -0.25) is 0 Å². The molecule has 1 aliphatic carbocycles. The topological polar surface area (TPSA) is 45.8 Å². The number of halogens is 2. The first-order valence-electron chi connectivity index (χ1n) is 6.32. The van der Waals surface area contributed by atoms with E-state index in [9.17, 15) is 4.79 Å². The monoisotopic (exact) mass is 326 g/mol. The first-order valence-corrected chi connectivity index (χ1v) is 8.06. The van der Waals surface area contributed by atoms with E-state index >= 15 is 0 Å². The molecule has 104 valence electrons. The van der Waals surface area contributed by atoms with Crippen molar-refractivity contribution in [2.75, 3.05) is 0 Å². The summed E-state index contributed by atoms with van der Waals surface area (Å²) in [6.45, 7) is 0. The van der Waals surface area contributed by atoms with Crippen LogP contribution in [0.4, 0.5) is 0 Å². The summed E-state index contributed by atoms with van der Waals surface area (Å²) in [7, 11) is 0. The Morgan fingerprint density at radius 2 is 2.15 bits per heavy atom. The Balaban J connectivity index is 1.84. The summed E-state index contributed by atoms with van der Waals surface area (Å²) in [5.74, 6) is 0.679. The van der Waals surface area contributed by atoms with Crippen LogP contribution in [0.5, 0.6) is 0 Å². The molecule has 0 radical (unpaired) electrons. The van der Waals surface area contributed by atoms with Crippen LogP contribution in [0.2, 0.25) is 10.0 Å². The lowest BCUT2D eigenvalue weighted by Crippen LogP contribution is -2.14. The highest BCUT2D eigenvalue weighted by molar-refractivity contribution is 7.98. The summed E-state index contributed by atoms with van der Waals surface area (Å²) in [6.07, 6.45) is 2.99.